The molecule has 8 aromatic rings. The van der Waals surface area contributed by atoms with Gasteiger partial charge in [-0.3, -0.25) is 9.97 Å². The van der Waals surface area contributed by atoms with Crippen molar-refractivity contribution in [3.63, 3.8) is 0 Å². The van der Waals surface area contributed by atoms with Crippen LogP contribution in [0, 0.1) is 0 Å². The van der Waals surface area contributed by atoms with Gasteiger partial charge in [0, 0.05) is 34.3 Å². The van der Waals surface area contributed by atoms with E-state index in [0.717, 1.165) is 55.4 Å². The Kier molecular flexibility index (Phi) is 6.47. The van der Waals surface area contributed by atoms with Crippen LogP contribution in [0.1, 0.15) is 0 Å². The summed E-state index contributed by atoms with van der Waals surface area (Å²) in [5.74, 6) is 0. The Labute approximate surface area is 256 Å². The summed E-state index contributed by atoms with van der Waals surface area (Å²) in [5, 5.41) is 2.15. The molecule has 0 N–H and O–H groups in total. The first-order chi connectivity index (χ1) is 21.8. The highest BCUT2D eigenvalue weighted by Crippen LogP contribution is 2.36. The van der Waals surface area contributed by atoms with E-state index in [1.165, 1.54) is 22.3 Å². The maximum absolute atomic E-state index is 5.21. The van der Waals surface area contributed by atoms with Gasteiger partial charge in [0.05, 0.1) is 22.4 Å². The number of hydrogen-bond donors (Lipinski definition) is 0. The Morgan fingerprint density at radius 1 is 0.341 bits per heavy atom. The molecule has 0 atom stereocenters. The van der Waals surface area contributed by atoms with Gasteiger partial charge in [0.1, 0.15) is 0 Å². The van der Waals surface area contributed by atoms with Crippen molar-refractivity contribution in [3.05, 3.63) is 164 Å². The Bertz CT molecular complexity index is 2140. The van der Waals surface area contributed by atoms with Crippen LogP contribution in [-0.4, -0.2) is 15.0 Å². The van der Waals surface area contributed by atoms with Gasteiger partial charge in [-0.05, 0) is 57.6 Å². The maximum atomic E-state index is 5.21. The molecular formula is C41H27N3. The van der Waals surface area contributed by atoms with Crippen LogP contribution >= 0.6 is 0 Å². The molecule has 3 aromatic heterocycles. The molecule has 0 amide bonds. The van der Waals surface area contributed by atoms with Gasteiger partial charge in [0.15, 0.2) is 0 Å². The summed E-state index contributed by atoms with van der Waals surface area (Å²) in [6, 6.07) is 53.1. The third-order valence-electron chi connectivity index (χ3n) is 8.19. The van der Waals surface area contributed by atoms with Crippen LogP contribution in [0.25, 0.3) is 77.7 Å². The van der Waals surface area contributed by atoms with Gasteiger partial charge in [0.2, 0.25) is 0 Å². The molecule has 0 aliphatic heterocycles. The number of nitrogens with zero attached hydrogens (tertiary/aromatic N) is 3. The molecule has 0 saturated heterocycles. The third-order valence-corrected chi connectivity index (χ3v) is 8.19. The molecule has 44 heavy (non-hydrogen) atoms. The summed E-state index contributed by atoms with van der Waals surface area (Å²) in [5.41, 5.74) is 12.8. The maximum Gasteiger partial charge on any atom is 0.0970 e. The molecule has 0 fully saturated rings. The van der Waals surface area contributed by atoms with Crippen LogP contribution in [0.15, 0.2) is 164 Å². The van der Waals surface area contributed by atoms with Crippen molar-refractivity contribution in [1.82, 2.24) is 15.0 Å². The molecule has 0 saturated carbocycles. The minimum absolute atomic E-state index is 0.903. The van der Waals surface area contributed by atoms with Crippen molar-refractivity contribution < 1.29 is 0 Å². The van der Waals surface area contributed by atoms with Crippen LogP contribution in [0.4, 0.5) is 0 Å². The fourth-order valence-corrected chi connectivity index (χ4v) is 5.92. The second kappa shape index (κ2) is 11.0. The monoisotopic (exact) mass is 561 g/mol. The summed E-state index contributed by atoms with van der Waals surface area (Å²) < 4.78 is 0. The van der Waals surface area contributed by atoms with Crippen LogP contribution < -0.4 is 0 Å². The van der Waals surface area contributed by atoms with E-state index in [1.807, 2.05) is 30.6 Å². The fourth-order valence-electron chi connectivity index (χ4n) is 5.92. The number of fused-ring (bicyclic) bond motifs is 3. The zero-order chi connectivity index (χ0) is 29.3. The molecule has 3 heterocycles. The van der Waals surface area contributed by atoms with Crippen molar-refractivity contribution in [3.8, 4) is 55.9 Å². The van der Waals surface area contributed by atoms with Crippen LogP contribution in [0.2, 0.25) is 0 Å². The van der Waals surface area contributed by atoms with E-state index in [1.54, 1.807) is 0 Å². The molecule has 0 unspecified atom stereocenters. The zero-order valence-corrected chi connectivity index (χ0v) is 23.9. The van der Waals surface area contributed by atoms with E-state index in [-0.39, 0.29) is 0 Å². The lowest BCUT2D eigenvalue weighted by atomic mass is 9.95. The first-order valence-corrected chi connectivity index (χ1v) is 14.8. The molecule has 0 aliphatic carbocycles. The molecular weight excluding hydrogens is 534 g/mol. The summed E-state index contributed by atoms with van der Waals surface area (Å²) in [7, 11) is 0. The molecule has 0 aliphatic rings. The second-order valence-corrected chi connectivity index (χ2v) is 10.9. The Hall–Kier alpha value is -5.93. The van der Waals surface area contributed by atoms with E-state index in [4.69, 9.17) is 9.97 Å². The second-order valence-electron chi connectivity index (χ2n) is 10.9. The summed E-state index contributed by atoms with van der Waals surface area (Å²) in [6.45, 7) is 0. The fraction of sp³-hybridized carbons (Fsp3) is 0. The van der Waals surface area contributed by atoms with Gasteiger partial charge >= 0.3 is 0 Å². The molecule has 0 spiro atoms. The van der Waals surface area contributed by atoms with Crippen LogP contribution in [0.3, 0.4) is 0 Å². The highest BCUT2D eigenvalue weighted by Gasteiger charge is 2.14. The van der Waals surface area contributed by atoms with E-state index >= 15 is 0 Å². The first-order valence-electron chi connectivity index (χ1n) is 14.8. The quantitative estimate of drug-likeness (QED) is 0.196. The lowest BCUT2D eigenvalue weighted by Crippen LogP contribution is -1.93. The Morgan fingerprint density at radius 2 is 0.864 bits per heavy atom. The number of pyridine rings is 3. The standard InChI is InChI=1S/C41H27N3/c1-3-8-28(9-4-1)30-13-17-32(18-14-30)38-26-35(36-23-25-43-41-37(36)22-21-34-12-7-24-42-40(34)41)27-39(44-38)33-19-15-31(16-20-33)29-10-5-2-6-11-29/h1-27H. The number of benzene rings is 5. The van der Waals surface area contributed by atoms with E-state index in [2.05, 4.69) is 138 Å². The number of aromatic nitrogens is 3. The molecule has 8 rings (SSSR count). The minimum atomic E-state index is 0.903. The molecule has 5 aromatic carbocycles. The lowest BCUT2D eigenvalue weighted by molar-refractivity contribution is 1.32. The molecule has 206 valence electrons. The predicted molar refractivity (Wildman–Crippen MR) is 182 cm³/mol. The average molecular weight is 562 g/mol. The topological polar surface area (TPSA) is 38.7 Å². The average Bonchev–Trinajstić information content (AvgIpc) is 3.12. The largest absolute Gasteiger partial charge is 0.254 e. The first kappa shape index (κ1) is 25.8. The molecule has 0 radical (unpaired) electrons. The third kappa shape index (κ3) is 4.81. The smallest absolute Gasteiger partial charge is 0.0970 e. The minimum Gasteiger partial charge on any atom is -0.254 e. The lowest BCUT2D eigenvalue weighted by Gasteiger charge is -2.13. The van der Waals surface area contributed by atoms with Gasteiger partial charge in [-0.15, -0.1) is 0 Å². The highest BCUT2D eigenvalue weighted by atomic mass is 14.7. The van der Waals surface area contributed by atoms with Crippen molar-refractivity contribution >= 4 is 21.8 Å². The Balaban J connectivity index is 1.28. The predicted octanol–water partition coefficient (Wildman–Crippen LogP) is 10.5. The van der Waals surface area contributed by atoms with E-state index in [9.17, 15) is 0 Å². The Morgan fingerprint density at radius 3 is 1.45 bits per heavy atom. The zero-order valence-electron chi connectivity index (χ0n) is 23.9. The van der Waals surface area contributed by atoms with E-state index in [0.29, 0.717) is 0 Å². The van der Waals surface area contributed by atoms with Crippen molar-refractivity contribution in [2.45, 2.75) is 0 Å². The van der Waals surface area contributed by atoms with Crippen LogP contribution in [-0.2, 0) is 0 Å². The highest BCUT2D eigenvalue weighted by molar-refractivity contribution is 6.08. The van der Waals surface area contributed by atoms with Crippen LogP contribution in [0.5, 0.6) is 0 Å². The van der Waals surface area contributed by atoms with Crippen molar-refractivity contribution in [1.29, 1.82) is 0 Å². The SMILES string of the molecule is c1ccc(-c2ccc(-c3cc(-c4ccnc5c4ccc4cccnc45)cc(-c4ccc(-c5ccccc5)cc4)n3)cc2)cc1. The molecule has 3 nitrogen and oxygen atoms in total. The van der Waals surface area contributed by atoms with E-state index < -0.39 is 0 Å². The summed E-state index contributed by atoms with van der Waals surface area (Å²) in [4.78, 5) is 14.6. The van der Waals surface area contributed by atoms with Gasteiger partial charge in [-0.25, -0.2) is 4.98 Å². The van der Waals surface area contributed by atoms with Crippen molar-refractivity contribution in [2.75, 3.05) is 0 Å². The molecule has 0 bridgehead atoms. The summed E-state index contributed by atoms with van der Waals surface area (Å²) >= 11 is 0. The summed E-state index contributed by atoms with van der Waals surface area (Å²) in [6.07, 6.45) is 3.71. The molecule has 3 heteroatoms. The van der Waals surface area contributed by atoms with Gasteiger partial charge in [-0.1, -0.05) is 127 Å². The van der Waals surface area contributed by atoms with Crippen molar-refractivity contribution in [2.24, 2.45) is 0 Å². The van der Waals surface area contributed by atoms with Gasteiger partial charge < -0.3 is 0 Å². The van der Waals surface area contributed by atoms with Gasteiger partial charge in [0.25, 0.3) is 0 Å². The van der Waals surface area contributed by atoms with Gasteiger partial charge in [-0.2, -0.15) is 0 Å². The normalized spacial score (nSPS) is 11.2. The number of hydrogen-bond acceptors (Lipinski definition) is 3. The number of rotatable bonds is 5.